The molecule has 0 aromatic heterocycles. The first-order valence-electron chi connectivity index (χ1n) is 6.15. The van der Waals surface area contributed by atoms with Gasteiger partial charge in [-0.2, -0.15) is 0 Å². The Balaban J connectivity index is 2.19. The molecule has 1 aliphatic rings. The molecule has 3 nitrogen and oxygen atoms in total. The highest BCUT2D eigenvalue weighted by molar-refractivity contribution is 7.80. The van der Waals surface area contributed by atoms with Crippen LogP contribution in [0.25, 0.3) is 0 Å². The van der Waals surface area contributed by atoms with Gasteiger partial charge < -0.3 is 15.4 Å². The molecule has 0 radical (unpaired) electrons. The van der Waals surface area contributed by atoms with E-state index in [1.165, 1.54) is 25.7 Å². The summed E-state index contributed by atoms with van der Waals surface area (Å²) in [6, 6.07) is 0.268. The van der Waals surface area contributed by atoms with Crippen molar-refractivity contribution in [2.45, 2.75) is 45.6 Å². The zero-order valence-corrected chi connectivity index (χ0v) is 11.5. The first kappa shape index (κ1) is 13.7. The number of hydrogen-bond acceptors (Lipinski definition) is 2. The van der Waals surface area contributed by atoms with Crippen LogP contribution in [0, 0.1) is 5.41 Å². The number of rotatable bonds is 6. The Morgan fingerprint density at radius 1 is 1.50 bits per heavy atom. The highest BCUT2D eigenvalue weighted by atomic mass is 32.1. The molecule has 0 bridgehead atoms. The summed E-state index contributed by atoms with van der Waals surface area (Å²) >= 11 is 5.25. The maximum atomic E-state index is 5.25. The summed E-state index contributed by atoms with van der Waals surface area (Å²) in [5.41, 5.74) is 0.510. The van der Waals surface area contributed by atoms with Gasteiger partial charge in [0.05, 0.1) is 6.61 Å². The average Bonchev–Trinajstić information content (AvgIpc) is 2.17. The van der Waals surface area contributed by atoms with Crippen molar-refractivity contribution in [3.05, 3.63) is 0 Å². The lowest BCUT2D eigenvalue weighted by atomic mass is 9.67. The van der Waals surface area contributed by atoms with Crippen LogP contribution in [-0.4, -0.2) is 31.4 Å². The first-order valence-corrected chi connectivity index (χ1v) is 6.56. The van der Waals surface area contributed by atoms with E-state index in [2.05, 4.69) is 24.5 Å². The summed E-state index contributed by atoms with van der Waals surface area (Å²) in [7, 11) is 1.70. The Labute approximate surface area is 104 Å². The molecule has 0 aromatic carbocycles. The van der Waals surface area contributed by atoms with Gasteiger partial charge in [0.2, 0.25) is 0 Å². The summed E-state index contributed by atoms with van der Waals surface area (Å²) in [5.74, 6) is 0. The summed E-state index contributed by atoms with van der Waals surface area (Å²) < 4.78 is 5.05. The molecule has 16 heavy (non-hydrogen) atoms. The molecule has 4 heteroatoms. The molecule has 1 atom stereocenters. The van der Waals surface area contributed by atoms with E-state index in [0.29, 0.717) is 12.0 Å². The fraction of sp³-hybridized carbons (Fsp3) is 0.917. The van der Waals surface area contributed by atoms with E-state index in [9.17, 15) is 0 Å². The largest absolute Gasteiger partial charge is 0.383 e. The molecule has 1 fully saturated rings. The highest BCUT2D eigenvalue weighted by Gasteiger charge is 2.34. The van der Waals surface area contributed by atoms with Crippen LogP contribution < -0.4 is 10.6 Å². The van der Waals surface area contributed by atoms with Crippen LogP contribution in [0.2, 0.25) is 0 Å². The summed E-state index contributed by atoms with van der Waals surface area (Å²) in [6.07, 6.45) is 5.30. The van der Waals surface area contributed by atoms with Gasteiger partial charge in [-0.15, -0.1) is 0 Å². The summed E-state index contributed by atoms with van der Waals surface area (Å²) in [4.78, 5) is 0. The Bertz CT molecular complexity index is 224. The predicted octanol–water partition coefficient (Wildman–Crippen LogP) is 2.07. The van der Waals surface area contributed by atoms with Gasteiger partial charge in [0, 0.05) is 19.7 Å². The van der Waals surface area contributed by atoms with Crippen molar-refractivity contribution < 1.29 is 4.74 Å². The maximum Gasteiger partial charge on any atom is 0.166 e. The lowest BCUT2D eigenvalue weighted by Crippen LogP contribution is -2.48. The van der Waals surface area contributed by atoms with E-state index in [-0.39, 0.29) is 6.04 Å². The van der Waals surface area contributed by atoms with Crippen molar-refractivity contribution >= 4 is 17.3 Å². The normalized spacial score (nSPS) is 19.7. The van der Waals surface area contributed by atoms with Crippen molar-refractivity contribution in [1.82, 2.24) is 10.6 Å². The van der Waals surface area contributed by atoms with Gasteiger partial charge in [0.1, 0.15) is 0 Å². The Morgan fingerprint density at radius 3 is 2.62 bits per heavy atom. The molecule has 0 amide bonds. The quantitative estimate of drug-likeness (QED) is 0.701. The van der Waals surface area contributed by atoms with Crippen molar-refractivity contribution in [1.29, 1.82) is 0 Å². The fourth-order valence-electron chi connectivity index (χ4n) is 2.17. The number of nitrogens with one attached hydrogen (secondary N) is 2. The van der Waals surface area contributed by atoms with Crippen LogP contribution in [0.5, 0.6) is 0 Å². The Kier molecular flexibility index (Phi) is 5.49. The zero-order valence-electron chi connectivity index (χ0n) is 10.6. The van der Waals surface area contributed by atoms with E-state index in [0.717, 1.165) is 11.7 Å². The van der Waals surface area contributed by atoms with Crippen LogP contribution in [0.3, 0.4) is 0 Å². The molecular formula is C12H24N2OS. The minimum absolute atomic E-state index is 0.268. The molecule has 0 spiro atoms. The molecule has 0 aliphatic heterocycles. The molecule has 1 unspecified atom stereocenters. The van der Waals surface area contributed by atoms with Gasteiger partial charge in [0.25, 0.3) is 0 Å². The third kappa shape index (κ3) is 3.91. The minimum atomic E-state index is 0.268. The fourth-order valence-corrected chi connectivity index (χ4v) is 2.44. The first-order chi connectivity index (χ1) is 7.62. The number of ether oxygens (including phenoxy) is 1. The zero-order chi connectivity index (χ0) is 12.0. The van der Waals surface area contributed by atoms with E-state index >= 15 is 0 Å². The molecule has 0 aromatic rings. The number of hydrogen-bond donors (Lipinski definition) is 2. The van der Waals surface area contributed by atoms with Crippen LogP contribution in [0.1, 0.15) is 39.5 Å². The van der Waals surface area contributed by atoms with Crippen molar-refractivity contribution in [3.63, 3.8) is 0 Å². The van der Waals surface area contributed by atoms with E-state index in [1.807, 2.05) is 0 Å². The van der Waals surface area contributed by atoms with Gasteiger partial charge in [-0.1, -0.05) is 13.3 Å². The van der Waals surface area contributed by atoms with E-state index in [4.69, 9.17) is 17.0 Å². The Morgan fingerprint density at radius 2 is 2.19 bits per heavy atom. The van der Waals surface area contributed by atoms with Crippen LogP contribution in [-0.2, 0) is 4.74 Å². The smallest absolute Gasteiger partial charge is 0.166 e. The van der Waals surface area contributed by atoms with Gasteiger partial charge in [0.15, 0.2) is 5.11 Å². The number of methoxy groups -OCH3 is 1. The number of thiocarbonyl (C=S) groups is 1. The molecule has 1 aliphatic carbocycles. The minimum Gasteiger partial charge on any atom is -0.383 e. The standard InChI is InChI=1S/C12H24N2OS/c1-4-12(6-5-7-12)9-13-11(16)14-10(2)8-15-3/h10H,4-9H2,1-3H3,(H2,13,14,16). The lowest BCUT2D eigenvalue weighted by Gasteiger charge is -2.41. The maximum absolute atomic E-state index is 5.25. The molecule has 2 N–H and O–H groups in total. The van der Waals surface area contributed by atoms with E-state index in [1.54, 1.807) is 7.11 Å². The molecule has 1 rings (SSSR count). The molecule has 0 heterocycles. The van der Waals surface area contributed by atoms with E-state index < -0.39 is 0 Å². The van der Waals surface area contributed by atoms with Gasteiger partial charge >= 0.3 is 0 Å². The second-order valence-corrected chi connectivity index (χ2v) is 5.30. The second kappa shape index (κ2) is 6.40. The Hall–Kier alpha value is -0.350. The highest BCUT2D eigenvalue weighted by Crippen LogP contribution is 2.42. The van der Waals surface area contributed by atoms with Gasteiger partial charge in [-0.05, 0) is 43.8 Å². The third-order valence-corrected chi connectivity index (χ3v) is 3.84. The molecule has 94 valence electrons. The third-order valence-electron chi connectivity index (χ3n) is 3.58. The van der Waals surface area contributed by atoms with Crippen LogP contribution >= 0.6 is 12.2 Å². The average molecular weight is 244 g/mol. The SMILES string of the molecule is CCC1(CNC(=S)NC(C)COC)CCC1. The predicted molar refractivity (Wildman–Crippen MR) is 71.6 cm³/mol. The van der Waals surface area contributed by atoms with Crippen molar-refractivity contribution in [2.75, 3.05) is 20.3 Å². The molecule has 0 saturated heterocycles. The monoisotopic (exact) mass is 244 g/mol. The molecule has 1 saturated carbocycles. The van der Waals surface area contributed by atoms with Gasteiger partial charge in [-0.3, -0.25) is 0 Å². The van der Waals surface area contributed by atoms with Crippen LogP contribution in [0.15, 0.2) is 0 Å². The topological polar surface area (TPSA) is 33.3 Å². The lowest BCUT2D eigenvalue weighted by molar-refractivity contribution is 0.131. The van der Waals surface area contributed by atoms with Crippen molar-refractivity contribution in [2.24, 2.45) is 5.41 Å². The van der Waals surface area contributed by atoms with Crippen molar-refractivity contribution in [3.8, 4) is 0 Å². The van der Waals surface area contributed by atoms with Crippen LogP contribution in [0.4, 0.5) is 0 Å². The summed E-state index contributed by atoms with van der Waals surface area (Å²) in [5, 5.41) is 7.31. The van der Waals surface area contributed by atoms with Gasteiger partial charge in [-0.25, -0.2) is 0 Å². The summed E-state index contributed by atoms with van der Waals surface area (Å²) in [6.45, 7) is 6.02. The second-order valence-electron chi connectivity index (χ2n) is 4.89. The molecular weight excluding hydrogens is 220 g/mol.